The first kappa shape index (κ1) is 20.9. The van der Waals surface area contributed by atoms with Gasteiger partial charge >= 0.3 is 0 Å². The van der Waals surface area contributed by atoms with Crippen molar-refractivity contribution in [2.75, 3.05) is 23.8 Å². The van der Waals surface area contributed by atoms with Gasteiger partial charge in [-0.2, -0.15) is 0 Å². The first-order valence-corrected chi connectivity index (χ1v) is 11.5. The average Bonchev–Trinajstić information content (AvgIpc) is 3.26. The van der Waals surface area contributed by atoms with Crippen LogP contribution in [0.25, 0.3) is 0 Å². The van der Waals surface area contributed by atoms with Crippen LogP contribution >= 0.6 is 0 Å². The van der Waals surface area contributed by atoms with E-state index in [-0.39, 0.29) is 10.8 Å². The van der Waals surface area contributed by atoms with E-state index in [1.54, 1.807) is 24.3 Å². The van der Waals surface area contributed by atoms with Crippen LogP contribution in [0.2, 0.25) is 0 Å². The Kier molecular flexibility index (Phi) is 5.69. The molecule has 0 saturated heterocycles. The van der Waals surface area contributed by atoms with E-state index in [0.717, 1.165) is 24.9 Å². The van der Waals surface area contributed by atoms with Gasteiger partial charge in [-0.1, -0.05) is 18.2 Å². The Hall–Kier alpha value is -3.32. The fraction of sp³-hybridized carbons (Fsp3) is 0.208. The highest BCUT2D eigenvalue weighted by Gasteiger charge is 2.24. The molecule has 0 bridgehead atoms. The predicted octanol–water partition coefficient (Wildman–Crippen LogP) is 4.26. The van der Waals surface area contributed by atoms with Crippen LogP contribution in [0, 0.1) is 0 Å². The molecule has 0 spiro atoms. The van der Waals surface area contributed by atoms with E-state index in [9.17, 15) is 13.2 Å². The number of rotatable bonds is 6. The summed E-state index contributed by atoms with van der Waals surface area (Å²) >= 11 is 0. The Morgan fingerprint density at radius 3 is 2.42 bits per heavy atom. The zero-order valence-electron chi connectivity index (χ0n) is 17.5. The Bertz CT molecular complexity index is 1220. The van der Waals surface area contributed by atoms with Gasteiger partial charge in [-0.15, -0.1) is 0 Å². The zero-order valence-corrected chi connectivity index (χ0v) is 18.3. The van der Waals surface area contributed by atoms with Gasteiger partial charge in [-0.05, 0) is 78.9 Å². The minimum atomic E-state index is -3.81. The van der Waals surface area contributed by atoms with E-state index in [1.807, 2.05) is 12.1 Å². The van der Waals surface area contributed by atoms with Crippen molar-refractivity contribution in [2.24, 2.45) is 0 Å². The number of benzene rings is 3. The molecule has 1 amide bonds. The van der Waals surface area contributed by atoms with Gasteiger partial charge in [0, 0.05) is 18.3 Å². The maximum Gasteiger partial charge on any atom is 0.264 e. The van der Waals surface area contributed by atoms with Gasteiger partial charge in [0.2, 0.25) is 0 Å². The molecule has 6 nitrogen and oxygen atoms in total. The van der Waals surface area contributed by atoms with Crippen molar-refractivity contribution in [3.05, 3.63) is 83.4 Å². The molecular formula is C24H24N2O4S. The van der Waals surface area contributed by atoms with Crippen LogP contribution in [-0.2, 0) is 22.9 Å². The highest BCUT2D eigenvalue weighted by atomic mass is 32.2. The van der Waals surface area contributed by atoms with Crippen molar-refractivity contribution in [3.8, 4) is 5.75 Å². The second kappa shape index (κ2) is 8.43. The molecule has 0 aromatic heterocycles. The summed E-state index contributed by atoms with van der Waals surface area (Å²) in [7, 11) is -0.844. The zero-order chi connectivity index (χ0) is 22.0. The highest BCUT2D eigenvalue weighted by molar-refractivity contribution is 7.92. The van der Waals surface area contributed by atoms with Crippen LogP contribution in [0.3, 0.4) is 0 Å². The topological polar surface area (TPSA) is 75.7 Å². The minimum Gasteiger partial charge on any atom is -0.495 e. The van der Waals surface area contributed by atoms with Gasteiger partial charge in [-0.25, -0.2) is 8.42 Å². The van der Waals surface area contributed by atoms with Crippen molar-refractivity contribution in [3.63, 3.8) is 0 Å². The number of ether oxygens (including phenoxy) is 1. The van der Waals surface area contributed by atoms with Crippen molar-refractivity contribution in [1.82, 2.24) is 0 Å². The summed E-state index contributed by atoms with van der Waals surface area (Å²) in [6.07, 6.45) is 3.26. The summed E-state index contributed by atoms with van der Waals surface area (Å²) in [5.74, 6) is 0.180. The molecule has 0 heterocycles. The lowest BCUT2D eigenvalue weighted by Crippen LogP contribution is -2.27. The number of para-hydroxylation sites is 2. The second-order valence-corrected chi connectivity index (χ2v) is 9.43. The van der Waals surface area contributed by atoms with E-state index in [4.69, 9.17) is 4.74 Å². The number of amides is 1. The molecule has 4 rings (SSSR count). The van der Waals surface area contributed by atoms with E-state index < -0.39 is 10.0 Å². The first-order chi connectivity index (χ1) is 14.9. The molecule has 0 fully saturated rings. The highest BCUT2D eigenvalue weighted by Crippen LogP contribution is 2.31. The predicted molar refractivity (Wildman–Crippen MR) is 121 cm³/mol. The van der Waals surface area contributed by atoms with E-state index >= 15 is 0 Å². The quantitative estimate of drug-likeness (QED) is 0.626. The van der Waals surface area contributed by atoms with Crippen molar-refractivity contribution in [1.29, 1.82) is 0 Å². The molecule has 31 heavy (non-hydrogen) atoms. The smallest absolute Gasteiger partial charge is 0.264 e. The van der Waals surface area contributed by atoms with E-state index in [1.165, 1.54) is 53.9 Å². The van der Waals surface area contributed by atoms with Gasteiger partial charge in [0.05, 0.1) is 17.7 Å². The number of aryl methyl sites for hydroxylation is 2. The molecule has 0 aliphatic heterocycles. The number of nitrogens with zero attached hydrogens (tertiary/aromatic N) is 1. The van der Waals surface area contributed by atoms with Gasteiger partial charge in [0.1, 0.15) is 5.75 Å². The molecule has 7 heteroatoms. The molecule has 0 unspecified atom stereocenters. The minimum absolute atomic E-state index is 0.0926. The van der Waals surface area contributed by atoms with Gasteiger partial charge in [-0.3, -0.25) is 9.10 Å². The fourth-order valence-electron chi connectivity index (χ4n) is 3.81. The number of sulfonamides is 1. The standard InChI is InChI=1S/C24H24N2O4S/c1-26(22-8-3-4-9-23(22)30-2)31(28,29)21-14-11-18(12-15-21)24(27)25-20-13-10-17-6-5-7-19(17)16-20/h3-4,8-16H,5-7H2,1-2H3,(H,25,27). The molecule has 160 valence electrons. The SMILES string of the molecule is COc1ccccc1N(C)S(=O)(=O)c1ccc(C(=O)Nc2ccc3c(c2)CCC3)cc1. The molecule has 0 atom stereocenters. The molecule has 3 aromatic carbocycles. The lowest BCUT2D eigenvalue weighted by atomic mass is 10.1. The summed E-state index contributed by atoms with van der Waals surface area (Å²) in [5, 5.41) is 2.89. The molecule has 1 aliphatic rings. The number of hydrogen-bond acceptors (Lipinski definition) is 4. The monoisotopic (exact) mass is 436 g/mol. The summed E-state index contributed by atoms with van der Waals surface area (Å²) < 4.78 is 32.5. The van der Waals surface area contributed by atoms with Crippen LogP contribution in [0.15, 0.2) is 71.6 Å². The van der Waals surface area contributed by atoms with Crippen molar-refractivity contribution >= 4 is 27.3 Å². The molecule has 0 saturated carbocycles. The van der Waals surface area contributed by atoms with E-state index in [0.29, 0.717) is 17.0 Å². The molecule has 3 aromatic rings. The molecule has 0 radical (unpaired) electrons. The first-order valence-electron chi connectivity index (χ1n) is 10.1. The number of carbonyl (C=O) groups is 1. The van der Waals surface area contributed by atoms with Crippen molar-refractivity contribution < 1.29 is 17.9 Å². The van der Waals surface area contributed by atoms with Crippen LogP contribution in [-0.4, -0.2) is 28.5 Å². The van der Waals surface area contributed by atoms with Crippen LogP contribution < -0.4 is 14.4 Å². The van der Waals surface area contributed by atoms with E-state index in [2.05, 4.69) is 11.4 Å². The number of nitrogens with one attached hydrogen (secondary N) is 1. The molecule has 1 N–H and O–H groups in total. The number of methoxy groups -OCH3 is 1. The second-order valence-electron chi connectivity index (χ2n) is 7.46. The Balaban J connectivity index is 1.52. The Labute approximate surface area is 182 Å². The Morgan fingerprint density at radius 1 is 0.968 bits per heavy atom. The fourth-order valence-corrected chi connectivity index (χ4v) is 5.01. The van der Waals surface area contributed by atoms with Gasteiger partial charge in [0.25, 0.3) is 15.9 Å². The van der Waals surface area contributed by atoms with Gasteiger partial charge in [0.15, 0.2) is 0 Å². The Morgan fingerprint density at radius 2 is 1.68 bits per heavy atom. The normalized spacial score (nSPS) is 12.8. The van der Waals surface area contributed by atoms with Gasteiger partial charge < -0.3 is 10.1 Å². The lowest BCUT2D eigenvalue weighted by molar-refractivity contribution is 0.102. The summed E-state index contributed by atoms with van der Waals surface area (Å²) in [6.45, 7) is 0. The number of hydrogen-bond donors (Lipinski definition) is 1. The largest absolute Gasteiger partial charge is 0.495 e. The lowest BCUT2D eigenvalue weighted by Gasteiger charge is -2.21. The van der Waals surface area contributed by atoms with Crippen LogP contribution in [0.4, 0.5) is 11.4 Å². The summed E-state index contributed by atoms with van der Waals surface area (Å²) in [5.41, 5.74) is 4.19. The third-order valence-corrected chi connectivity index (χ3v) is 7.34. The number of anilines is 2. The maximum atomic E-state index is 13.1. The number of fused-ring (bicyclic) bond motifs is 1. The summed E-state index contributed by atoms with van der Waals surface area (Å²) in [6, 6.07) is 18.8. The third-order valence-electron chi connectivity index (χ3n) is 5.56. The molecule has 1 aliphatic carbocycles. The maximum absolute atomic E-state index is 13.1. The molecular weight excluding hydrogens is 412 g/mol. The third kappa shape index (κ3) is 4.14. The summed E-state index contributed by atoms with van der Waals surface area (Å²) in [4.78, 5) is 12.7. The number of carbonyl (C=O) groups excluding carboxylic acids is 1. The average molecular weight is 437 g/mol. The van der Waals surface area contributed by atoms with Crippen molar-refractivity contribution in [2.45, 2.75) is 24.2 Å². The van der Waals surface area contributed by atoms with Crippen LogP contribution in [0.5, 0.6) is 5.75 Å². The van der Waals surface area contributed by atoms with Crippen LogP contribution in [0.1, 0.15) is 27.9 Å².